The van der Waals surface area contributed by atoms with Crippen LogP contribution in [0.5, 0.6) is 0 Å². The van der Waals surface area contributed by atoms with Crippen molar-refractivity contribution < 1.29 is 9.18 Å². The van der Waals surface area contributed by atoms with Crippen molar-refractivity contribution in [2.75, 3.05) is 0 Å². The summed E-state index contributed by atoms with van der Waals surface area (Å²) in [5.41, 5.74) is 2.34. The van der Waals surface area contributed by atoms with Gasteiger partial charge in [-0.15, -0.1) is 0 Å². The summed E-state index contributed by atoms with van der Waals surface area (Å²) in [4.78, 5) is 16.2. The molecular formula is C15H14FNOS. The number of hydrogen-bond acceptors (Lipinski definition) is 3. The Morgan fingerprint density at radius 3 is 2.63 bits per heavy atom. The lowest BCUT2D eigenvalue weighted by Crippen LogP contribution is -1.98. The van der Waals surface area contributed by atoms with Crippen molar-refractivity contribution in [1.82, 2.24) is 4.98 Å². The van der Waals surface area contributed by atoms with Gasteiger partial charge in [0.25, 0.3) is 0 Å². The molecule has 0 unspecified atom stereocenters. The van der Waals surface area contributed by atoms with E-state index in [-0.39, 0.29) is 5.78 Å². The van der Waals surface area contributed by atoms with Gasteiger partial charge in [-0.2, -0.15) is 0 Å². The second-order valence-electron chi connectivity index (χ2n) is 4.40. The molecule has 0 spiro atoms. The van der Waals surface area contributed by atoms with Crippen molar-refractivity contribution >= 4 is 17.5 Å². The average Bonchev–Trinajstić information content (AvgIpc) is 2.30. The monoisotopic (exact) mass is 275 g/mol. The van der Waals surface area contributed by atoms with Crippen LogP contribution in [-0.4, -0.2) is 10.8 Å². The Hall–Kier alpha value is -1.68. The Morgan fingerprint density at radius 1 is 1.26 bits per heavy atom. The van der Waals surface area contributed by atoms with Gasteiger partial charge in [0, 0.05) is 11.3 Å². The molecule has 1 heterocycles. The molecule has 0 aliphatic rings. The summed E-state index contributed by atoms with van der Waals surface area (Å²) in [5.74, 6) is -0.537. The highest BCUT2D eigenvalue weighted by molar-refractivity contribution is 7.99. The largest absolute Gasteiger partial charge is 0.294 e. The minimum absolute atomic E-state index is 0.147. The molecule has 0 aliphatic carbocycles. The molecular weight excluding hydrogens is 261 g/mol. The van der Waals surface area contributed by atoms with Gasteiger partial charge in [0.2, 0.25) is 0 Å². The molecule has 0 bridgehead atoms. The second kappa shape index (κ2) is 5.53. The third-order valence-electron chi connectivity index (χ3n) is 2.63. The first-order valence-electron chi connectivity index (χ1n) is 5.90. The van der Waals surface area contributed by atoms with E-state index in [2.05, 4.69) is 4.98 Å². The summed E-state index contributed by atoms with van der Waals surface area (Å²) in [6.07, 6.45) is 0. The number of halogens is 1. The fraction of sp³-hybridized carbons (Fsp3) is 0.200. The van der Waals surface area contributed by atoms with Crippen LogP contribution in [0.25, 0.3) is 0 Å². The minimum Gasteiger partial charge on any atom is -0.294 e. The van der Waals surface area contributed by atoms with Crippen LogP contribution in [0.2, 0.25) is 0 Å². The van der Waals surface area contributed by atoms with Crippen LogP contribution in [-0.2, 0) is 0 Å². The summed E-state index contributed by atoms with van der Waals surface area (Å²) in [6, 6.07) is 8.38. The molecule has 1 aromatic heterocycles. The first-order chi connectivity index (χ1) is 8.97. The predicted molar refractivity (Wildman–Crippen MR) is 74.2 cm³/mol. The predicted octanol–water partition coefficient (Wildman–Crippen LogP) is 4.19. The summed E-state index contributed by atoms with van der Waals surface area (Å²) in [5, 5.41) is 0.699. The topological polar surface area (TPSA) is 30.0 Å². The number of nitrogens with zero attached hydrogens (tertiary/aromatic N) is 1. The van der Waals surface area contributed by atoms with Crippen LogP contribution in [0.1, 0.15) is 28.5 Å². The lowest BCUT2D eigenvalue weighted by atomic mass is 10.1. The van der Waals surface area contributed by atoms with Crippen molar-refractivity contribution in [2.24, 2.45) is 0 Å². The Balaban J connectivity index is 2.45. The van der Waals surface area contributed by atoms with Gasteiger partial charge in [-0.05, 0) is 44.5 Å². The molecule has 0 amide bonds. The number of carbonyl (C=O) groups excluding carboxylic acids is 1. The molecule has 19 heavy (non-hydrogen) atoms. The van der Waals surface area contributed by atoms with Crippen molar-refractivity contribution in [2.45, 2.75) is 30.7 Å². The van der Waals surface area contributed by atoms with E-state index in [0.717, 1.165) is 11.3 Å². The molecule has 2 aromatic rings. The quantitative estimate of drug-likeness (QED) is 0.787. The summed E-state index contributed by atoms with van der Waals surface area (Å²) in [6.45, 7) is 5.30. The molecule has 4 heteroatoms. The molecule has 1 aromatic carbocycles. The van der Waals surface area contributed by atoms with Gasteiger partial charge in [0.15, 0.2) is 5.78 Å². The van der Waals surface area contributed by atoms with Crippen LogP contribution in [0.3, 0.4) is 0 Å². The zero-order valence-corrected chi connectivity index (χ0v) is 11.8. The lowest BCUT2D eigenvalue weighted by Gasteiger charge is -2.08. The van der Waals surface area contributed by atoms with E-state index in [4.69, 9.17) is 0 Å². The first-order valence-corrected chi connectivity index (χ1v) is 6.71. The lowest BCUT2D eigenvalue weighted by molar-refractivity contribution is 0.101. The van der Waals surface area contributed by atoms with Gasteiger partial charge in [-0.25, -0.2) is 9.37 Å². The number of benzene rings is 1. The van der Waals surface area contributed by atoms with E-state index in [0.29, 0.717) is 15.5 Å². The van der Waals surface area contributed by atoms with E-state index >= 15 is 0 Å². The number of hydrogen-bond donors (Lipinski definition) is 0. The summed E-state index contributed by atoms with van der Waals surface area (Å²) in [7, 11) is 0. The first kappa shape index (κ1) is 13.7. The molecule has 0 saturated heterocycles. The fourth-order valence-electron chi connectivity index (χ4n) is 1.85. The zero-order chi connectivity index (χ0) is 14.0. The van der Waals surface area contributed by atoms with Gasteiger partial charge < -0.3 is 0 Å². The number of rotatable bonds is 3. The van der Waals surface area contributed by atoms with Crippen molar-refractivity contribution in [1.29, 1.82) is 0 Å². The number of aromatic nitrogens is 1. The molecule has 0 N–H and O–H groups in total. The number of ketones is 1. The van der Waals surface area contributed by atoms with E-state index in [1.807, 2.05) is 26.0 Å². The van der Waals surface area contributed by atoms with Crippen LogP contribution in [0, 0.1) is 19.7 Å². The molecule has 2 rings (SSSR count). The molecule has 98 valence electrons. The van der Waals surface area contributed by atoms with Crippen LogP contribution in [0.4, 0.5) is 4.39 Å². The molecule has 0 saturated carbocycles. The van der Waals surface area contributed by atoms with Gasteiger partial charge >= 0.3 is 0 Å². The van der Waals surface area contributed by atoms with E-state index < -0.39 is 5.82 Å². The summed E-state index contributed by atoms with van der Waals surface area (Å²) >= 11 is 1.19. The normalized spacial score (nSPS) is 10.5. The molecule has 0 radical (unpaired) electrons. The number of Topliss-reactive ketones (excluding diaryl/α,β-unsaturated/α-hetero) is 1. The maximum Gasteiger partial charge on any atom is 0.161 e. The Bertz CT molecular complexity index is 620. The smallest absolute Gasteiger partial charge is 0.161 e. The second-order valence-corrected chi connectivity index (χ2v) is 5.43. The Morgan fingerprint density at radius 2 is 2.00 bits per heavy atom. The number of aryl methyl sites for hydroxylation is 2. The zero-order valence-electron chi connectivity index (χ0n) is 11.0. The van der Waals surface area contributed by atoms with Crippen molar-refractivity contribution in [3.05, 3.63) is 53.0 Å². The fourth-order valence-corrected chi connectivity index (χ4v) is 2.98. The van der Waals surface area contributed by atoms with Crippen LogP contribution < -0.4 is 0 Å². The van der Waals surface area contributed by atoms with E-state index in [1.54, 1.807) is 12.1 Å². The van der Waals surface area contributed by atoms with E-state index in [9.17, 15) is 9.18 Å². The highest BCUT2D eigenvalue weighted by Crippen LogP contribution is 2.32. The third kappa shape index (κ3) is 3.20. The Kier molecular flexibility index (Phi) is 4.00. The SMILES string of the molecule is CC(=O)c1cccc(F)c1Sc1cc(C)cc(C)n1. The number of carbonyl (C=O) groups is 1. The van der Waals surface area contributed by atoms with Crippen molar-refractivity contribution in [3.8, 4) is 0 Å². The standard InChI is InChI=1S/C15H14FNOS/c1-9-7-10(2)17-14(8-9)19-15-12(11(3)18)5-4-6-13(15)16/h4-8H,1-3H3. The van der Waals surface area contributed by atoms with E-state index in [1.165, 1.54) is 24.8 Å². The van der Waals surface area contributed by atoms with Gasteiger partial charge in [0.05, 0.1) is 4.90 Å². The molecule has 2 nitrogen and oxygen atoms in total. The highest BCUT2D eigenvalue weighted by Gasteiger charge is 2.14. The minimum atomic E-state index is -0.390. The average molecular weight is 275 g/mol. The van der Waals surface area contributed by atoms with Gasteiger partial charge in [-0.1, -0.05) is 23.9 Å². The summed E-state index contributed by atoms with van der Waals surface area (Å²) < 4.78 is 13.9. The van der Waals surface area contributed by atoms with Crippen molar-refractivity contribution in [3.63, 3.8) is 0 Å². The van der Waals surface area contributed by atoms with Gasteiger partial charge in [0.1, 0.15) is 10.8 Å². The number of pyridine rings is 1. The third-order valence-corrected chi connectivity index (χ3v) is 3.66. The van der Waals surface area contributed by atoms with Gasteiger partial charge in [-0.3, -0.25) is 4.79 Å². The molecule has 0 fully saturated rings. The van der Waals surface area contributed by atoms with Crippen LogP contribution in [0.15, 0.2) is 40.3 Å². The molecule has 0 aliphatic heterocycles. The maximum atomic E-state index is 13.9. The molecule has 0 atom stereocenters. The highest BCUT2D eigenvalue weighted by atomic mass is 32.2. The maximum absolute atomic E-state index is 13.9. The Labute approximate surface area is 116 Å². The van der Waals surface area contributed by atoms with Crippen LogP contribution >= 0.6 is 11.8 Å².